The highest BCUT2D eigenvalue weighted by molar-refractivity contribution is 6.98. The molecular formula is C35H41BO2. The van der Waals surface area contributed by atoms with Gasteiger partial charge in [-0.25, -0.2) is 0 Å². The second-order valence-electron chi connectivity index (χ2n) is 15.0. The quantitative estimate of drug-likeness (QED) is 0.204. The topological polar surface area (TPSA) is 18.5 Å². The molecular weight excluding hydrogens is 463 g/mol. The summed E-state index contributed by atoms with van der Waals surface area (Å²) in [5, 5.41) is 0. The lowest BCUT2D eigenvalue weighted by molar-refractivity contribution is 0.330. The Morgan fingerprint density at radius 3 is 1.29 bits per heavy atom. The highest BCUT2D eigenvalue weighted by Gasteiger charge is 2.46. The summed E-state index contributed by atoms with van der Waals surface area (Å²) in [7, 11) is 0. The summed E-state index contributed by atoms with van der Waals surface area (Å²) in [6, 6.07) is 9.95. The van der Waals surface area contributed by atoms with Crippen LogP contribution in [0.4, 0.5) is 0 Å². The van der Waals surface area contributed by atoms with Crippen LogP contribution in [0.25, 0.3) is 0 Å². The highest BCUT2D eigenvalue weighted by Crippen LogP contribution is 2.50. The lowest BCUT2D eigenvalue weighted by Gasteiger charge is -2.45. The van der Waals surface area contributed by atoms with Gasteiger partial charge in [0.25, 0.3) is 6.71 Å². The third kappa shape index (κ3) is 3.26. The third-order valence-corrected chi connectivity index (χ3v) is 10.4. The minimum atomic E-state index is -0.136. The van der Waals surface area contributed by atoms with Crippen molar-refractivity contribution in [3.05, 3.63) is 64.2 Å². The molecule has 0 amide bonds. The van der Waals surface area contributed by atoms with Crippen LogP contribution < -0.4 is 25.9 Å². The summed E-state index contributed by atoms with van der Waals surface area (Å²) in [5.74, 6) is 2.81. The van der Waals surface area contributed by atoms with Crippen LogP contribution in [0.5, 0.6) is 23.0 Å². The van der Waals surface area contributed by atoms with E-state index in [-0.39, 0.29) is 28.4 Å². The van der Waals surface area contributed by atoms with E-state index < -0.39 is 0 Å². The molecule has 0 spiro atoms. The van der Waals surface area contributed by atoms with Gasteiger partial charge in [-0.3, -0.25) is 0 Å². The Labute approximate surface area is 232 Å². The zero-order valence-corrected chi connectivity index (χ0v) is 24.5. The van der Waals surface area contributed by atoms with E-state index in [2.05, 4.69) is 79.7 Å². The fourth-order valence-electron chi connectivity index (χ4n) is 7.58. The summed E-state index contributed by atoms with van der Waals surface area (Å²) in [5.41, 5.74) is 9.46. The predicted molar refractivity (Wildman–Crippen MR) is 159 cm³/mol. The van der Waals surface area contributed by atoms with Gasteiger partial charge < -0.3 is 9.47 Å². The molecule has 0 unspecified atom stereocenters. The van der Waals surface area contributed by atoms with Crippen LogP contribution in [-0.2, 0) is 21.7 Å². The lowest BCUT2D eigenvalue weighted by Crippen LogP contribution is -2.58. The van der Waals surface area contributed by atoms with Gasteiger partial charge in [0.15, 0.2) is 0 Å². The molecule has 0 N–H and O–H groups in total. The Hall–Kier alpha value is -2.68. The van der Waals surface area contributed by atoms with Gasteiger partial charge in [-0.15, -0.1) is 0 Å². The van der Waals surface area contributed by atoms with E-state index in [4.69, 9.17) is 12.2 Å². The lowest BCUT2D eigenvalue weighted by atomic mass is 9.34. The molecule has 0 atom stereocenters. The van der Waals surface area contributed by atoms with Crippen molar-refractivity contribution in [2.45, 2.75) is 110 Å². The molecule has 7 rings (SSSR count). The summed E-state index contributed by atoms with van der Waals surface area (Å²) in [4.78, 5) is 0. The molecule has 2 heterocycles. The van der Waals surface area contributed by atoms with E-state index in [1.54, 1.807) is 0 Å². The maximum Gasteiger partial charge on any atom is 0.260 e. The molecule has 2 nitrogen and oxygen atoms in total. The van der Waals surface area contributed by atoms with Gasteiger partial charge in [0.05, 0.1) is 2.74 Å². The van der Waals surface area contributed by atoms with Crippen molar-refractivity contribution in [2.75, 3.05) is 0 Å². The van der Waals surface area contributed by atoms with Gasteiger partial charge in [-0.2, -0.15) is 0 Å². The minimum Gasteiger partial charge on any atom is -0.458 e. The van der Waals surface area contributed by atoms with Gasteiger partial charge >= 0.3 is 0 Å². The first-order valence-electron chi connectivity index (χ1n) is 15.4. The van der Waals surface area contributed by atoms with Crippen molar-refractivity contribution in [3.8, 4) is 23.0 Å². The largest absolute Gasteiger partial charge is 0.458 e. The Bertz CT molecular complexity index is 1530. The fourth-order valence-corrected chi connectivity index (χ4v) is 7.58. The van der Waals surface area contributed by atoms with Crippen molar-refractivity contribution in [1.29, 1.82) is 0 Å². The van der Waals surface area contributed by atoms with Crippen molar-refractivity contribution in [3.63, 3.8) is 0 Å². The number of ether oxygens (including phenoxy) is 2. The fraction of sp³-hybridized carbons (Fsp3) is 0.486. The van der Waals surface area contributed by atoms with Crippen LogP contribution in [0.3, 0.4) is 0 Å². The molecule has 0 radical (unpaired) electrons. The summed E-state index contributed by atoms with van der Waals surface area (Å²) in [6.07, 6.45) is 4.55. The monoisotopic (exact) mass is 506 g/mol. The molecule has 38 heavy (non-hydrogen) atoms. The Kier molecular flexibility index (Phi) is 4.25. The van der Waals surface area contributed by atoms with E-state index in [0.717, 1.165) is 53.6 Å². The SMILES string of the molecule is [2H]c1c(C)c([2H])c2c3c1Oc1cc4c(cc1B3c1cc3c(cc1O2)C(C)(C)CCC3(C)C)C(C)(C)CCC4(C)C. The zero-order chi connectivity index (χ0) is 28.7. The second kappa shape index (κ2) is 7.29. The summed E-state index contributed by atoms with van der Waals surface area (Å²) >= 11 is 0. The smallest absolute Gasteiger partial charge is 0.260 e. The third-order valence-electron chi connectivity index (χ3n) is 10.4. The predicted octanol–water partition coefficient (Wildman–Crippen LogP) is 7.42. The maximum absolute atomic E-state index is 9.02. The van der Waals surface area contributed by atoms with Crippen LogP contribution >= 0.6 is 0 Å². The molecule has 0 aromatic heterocycles. The van der Waals surface area contributed by atoms with Gasteiger partial charge in [-0.05, 0) is 117 Å². The van der Waals surface area contributed by atoms with Gasteiger partial charge in [0, 0.05) is 5.46 Å². The van der Waals surface area contributed by atoms with E-state index in [9.17, 15) is 0 Å². The van der Waals surface area contributed by atoms with Gasteiger partial charge in [-0.1, -0.05) is 67.5 Å². The van der Waals surface area contributed by atoms with Crippen molar-refractivity contribution in [2.24, 2.45) is 0 Å². The molecule has 2 aliphatic carbocycles. The molecule has 0 bridgehead atoms. The normalized spacial score (nSPS) is 22.8. The number of hydrogen-bond donors (Lipinski definition) is 0. The molecule has 0 saturated carbocycles. The van der Waals surface area contributed by atoms with E-state index in [1.807, 2.05) is 6.92 Å². The van der Waals surface area contributed by atoms with Crippen LogP contribution in [0.1, 0.15) is 112 Å². The molecule has 0 saturated heterocycles. The van der Waals surface area contributed by atoms with Crippen LogP contribution in [0, 0.1) is 6.92 Å². The Morgan fingerprint density at radius 2 is 0.921 bits per heavy atom. The average molecular weight is 507 g/mol. The molecule has 3 aromatic carbocycles. The summed E-state index contributed by atoms with van der Waals surface area (Å²) in [6.45, 7) is 20.5. The van der Waals surface area contributed by atoms with Crippen LogP contribution in [-0.4, -0.2) is 6.71 Å². The average Bonchev–Trinajstić information content (AvgIpc) is 2.89. The Balaban J connectivity index is 1.57. The van der Waals surface area contributed by atoms with Gasteiger partial charge in [0.1, 0.15) is 23.0 Å². The molecule has 0 fully saturated rings. The van der Waals surface area contributed by atoms with E-state index in [1.165, 1.54) is 22.3 Å². The molecule has 3 heteroatoms. The van der Waals surface area contributed by atoms with Crippen molar-refractivity contribution >= 4 is 23.1 Å². The zero-order valence-electron chi connectivity index (χ0n) is 26.5. The number of rotatable bonds is 0. The number of fused-ring (bicyclic) bond motifs is 6. The molecule has 196 valence electrons. The van der Waals surface area contributed by atoms with Gasteiger partial charge in [0.2, 0.25) is 0 Å². The maximum atomic E-state index is 9.02. The first-order chi connectivity index (χ1) is 18.5. The standard InChI is InChI=1S/C35H41BO2/c1-20-14-29-31-30(15-20)38-28-19-24-22(33(4,5)11-13-35(24,8)9)17-26(28)36(31)25-16-21-23(18-27(25)37-29)34(6,7)12-10-32(21,2)3/h14-19H,10-13H2,1-9H3/i14D,15D. The molecule has 3 aromatic rings. The first kappa shape index (κ1) is 22.2. The van der Waals surface area contributed by atoms with Crippen molar-refractivity contribution < 1.29 is 12.2 Å². The number of hydrogen-bond acceptors (Lipinski definition) is 2. The van der Waals surface area contributed by atoms with Crippen LogP contribution in [0.2, 0.25) is 0 Å². The Morgan fingerprint density at radius 1 is 0.579 bits per heavy atom. The number of benzene rings is 3. The first-order valence-corrected chi connectivity index (χ1v) is 14.4. The minimum absolute atomic E-state index is 0.0572. The highest BCUT2D eigenvalue weighted by atomic mass is 16.5. The van der Waals surface area contributed by atoms with Crippen LogP contribution in [0.15, 0.2) is 36.4 Å². The van der Waals surface area contributed by atoms with E-state index in [0.29, 0.717) is 29.1 Å². The van der Waals surface area contributed by atoms with E-state index >= 15 is 0 Å². The summed E-state index contributed by atoms with van der Waals surface area (Å²) < 4.78 is 31.4. The second-order valence-corrected chi connectivity index (χ2v) is 15.0. The molecule has 4 aliphatic rings. The van der Waals surface area contributed by atoms with Crippen molar-refractivity contribution in [1.82, 2.24) is 0 Å². The molecule has 2 aliphatic heterocycles.